The van der Waals surface area contributed by atoms with Crippen LogP contribution in [0.5, 0.6) is 0 Å². The average molecular weight is 584 g/mol. The normalized spacial score (nSPS) is 17.3. The summed E-state index contributed by atoms with van der Waals surface area (Å²) in [5.74, 6) is -2.07. The van der Waals surface area contributed by atoms with Crippen LogP contribution in [0.15, 0.2) is 30.5 Å². The lowest BCUT2D eigenvalue weighted by atomic mass is 9.83. The molecule has 0 bridgehead atoms. The minimum atomic E-state index is -0.831. The molecule has 2 atom stereocenters. The molecule has 42 heavy (non-hydrogen) atoms. The lowest BCUT2D eigenvalue weighted by Crippen LogP contribution is -2.54. The van der Waals surface area contributed by atoms with E-state index in [4.69, 9.17) is 0 Å². The molecule has 12 heteroatoms. The van der Waals surface area contributed by atoms with Gasteiger partial charge in [0.2, 0.25) is 17.7 Å². The van der Waals surface area contributed by atoms with E-state index < -0.39 is 29.7 Å². The van der Waals surface area contributed by atoms with Crippen molar-refractivity contribution in [3.63, 3.8) is 0 Å². The van der Waals surface area contributed by atoms with Crippen molar-refractivity contribution in [3.05, 3.63) is 47.5 Å². The van der Waals surface area contributed by atoms with Crippen molar-refractivity contribution in [2.45, 2.75) is 77.4 Å². The molecule has 228 valence electrons. The number of benzene rings is 1. The smallest absolute Gasteiger partial charge is 0.270 e. The lowest BCUT2D eigenvalue weighted by Gasteiger charge is -2.31. The van der Waals surface area contributed by atoms with Crippen LogP contribution in [0.1, 0.15) is 68.4 Å². The van der Waals surface area contributed by atoms with E-state index in [1.165, 1.54) is 12.1 Å². The third-order valence-corrected chi connectivity index (χ3v) is 8.05. The number of aryl methyl sites for hydroxylation is 1. The van der Waals surface area contributed by atoms with Crippen LogP contribution < -0.4 is 21.3 Å². The molecule has 0 radical (unpaired) electrons. The molecule has 1 aromatic carbocycles. The molecular formula is C30H42FN7O4. The van der Waals surface area contributed by atoms with E-state index in [9.17, 15) is 19.2 Å². The summed E-state index contributed by atoms with van der Waals surface area (Å²) in [6.07, 6.45) is 6.47. The molecule has 2 fully saturated rings. The number of piperazine rings is 1. The summed E-state index contributed by atoms with van der Waals surface area (Å²) in [6, 6.07) is 4.33. The SMILES string of the molecule is CCC(=O)N[C@H](Cc1ccc(NC(=O)[C@@H](NC(=O)c2ccnn2CC)C2CCCCC2)c(F)c1)C(=O)N1CCNCC1. The van der Waals surface area contributed by atoms with E-state index in [1.54, 1.807) is 34.8 Å². The Balaban J connectivity index is 1.47. The third kappa shape index (κ3) is 7.93. The number of nitrogens with zero attached hydrogens (tertiary/aromatic N) is 3. The lowest BCUT2D eigenvalue weighted by molar-refractivity contribution is -0.136. The second-order valence-electron chi connectivity index (χ2n) is 10.9. The number of carbonyl (C=O) groups is 4. The van der Waals surface area contributed by atoms with Gasteiger partial charge in [0.15, 0.2) is 0 Å². The van der Waals surface area contributed by atoms with Crippen molar-refractivity contribution in [1.29, 1.82) is 0 Å². The third-order valence-electron chi connectivity index (χ3n) is 8.05. The first-order valence-corrected chi connectivity index (χ1v) is 15.0. The quantitative estimate of drug-likeness (QED) is 0.320. The molecular weight excluding hydrogens is 541 g/mol. The van der Waals surface area contributed by atoms with Gasteiger partial charge in [0.25, 0.3) is 5.91 Å². The van der Waals surface area contributed by atoms with Gasteiger partial charge < -0.3 is 26.2 Å². The Morgan fingerprint density at radius 2 is 1.79 bits per heavy atom. The number of rotatable bonds is 11. The molecule has 1 saturated carbocycles. The molecule has 2 aromatic rings. The Labute approximate surface area is 246 Å². The van der Waals surface area contributed by atoms with Crippen molar-refractivity contribution < 1.29 is 23.6 Å². The van der Waals surface area contributed by atoms with Crippen LogP contribution in [0.2, 0.25) is 0 Å². The van der Waals surface area contributed by atoms with Crippen LogP contribution in [-0.2, 0) is 27.3 Å². The Morgan fingerprint density at radius 3 is 2.45 bits per heavy atom. The van der Waals surface area contributed by atoms with Crippen molar-refractivity contribution in [1.82, 2.24) is 30.6 Å². The topological polar surface area (TPSA) is 137 Å². The number of hydrogen-bond acceptors (Lipinski definition) is 6. The Bertz CT molecular complexity index is 1250. The highest BCUT2D eigenvalue weighted by atomic mass is 19.1. The zero-order valence-electron chi connectivity index (χ0n) is 24.5. The minimum absolute atomic E-state index is 0.0139. The monoisotopic (exact) mass is 583 g/mol. The average Bonchev–Trinajstić information content (AvgIpc) is 3.50. The fourth-order valence-corrected chi connectivity index (χ4v) is 5.69. The van der Waals surface area contributed by atoms with Crippen molar-refractivity contribution in [3.8, 4) is 0 Å². The van der Waals surface area contributed by atoms with Gasteiger partial charge in [0.1, 0.15) is 23.6 Å². The van der Waals surface area contributed by atoms with E-state index in [-0.39, 0.29) is 36.3 Å². The predicted molar refractivity (Wildman–Crippen MR) is 156 cm³/mol. The molecule has 1 aromatic heterocycles. The van der Waals surface area contributed by atoms with Crippen LogP contribution >= 0.6 is 0 Å². The van der Waals surface area contributed by atoms with E-state index in [0.29, 0.717) is 44.0 Å². The van der Waals surface area contributed by atoms with Gasteiger partial charge in [0, 0.05) is 51.8 Å². The van der Waals surface area contributed by atoms with Crippen molar-refractivity contribution >= 4 is 29.3 Å². The maximum Gasteiger partial charge on any atom is 0.270 e. The number of hydrogen-bond donors (Lipinski definition) is 4. The van der Waals surface area contributed by atoms with Gasteiger partial charge in [0.05, 0.1) is 5.69 Å². The molecule has 0 unspecified atom stereocenters. The summed E-state index contributed by atoms with van der Waals surface area (Å²) >= 11 is 0. The summed E-state index contributed by atoms with van der Waals surface area (Å²) in [7, 11) is 0. The first-order chi connectivity index (χ1) is 20.3. The van der Waals surface area contributed by atoms with Crippen LogP contribution in [0, 0.1) is 11.7 Å². The summed E-state index contributed by atoms with van der Waals surface area (Å²) in [5, 5.41) is 15.7. The maximum atomic E-state index is 15.3. The Hall–Kier alpha value is -3.80. The Morgan fingerprint density at radius 1 is 1.05 bits per heavy atom. The van der Waals surface area contributed by atoms with E-state index in [1.807, 2.05) is 6.92 Å². The number of halogens is 1. The highest BCUT2D eigenvalue weighted by Gasteiger charge is 2.33. The molecule has 4 amide bonds. The molecule has 2 heterocycles. The van der Waals surface area contributed by atoms with E-state index in [2.05, 4.69) is 26.4 Å². The number of anilines is 1. The van der Waals surface area contributed by atoms with E-state index in [0.717, 1.165) is 32.1 Å². The predicted octanol–water partition coefficient (Wildman–Crippen LogP) is 2.23. The molecule has 0 spiro atoms. The molecule has 4 rings (SSSR count). The first-order valence-electron chi connectivity index (χ1n) is 15.0. The summed E-state index contributed by atoms with van der Waals surface area (Å²) in [6.45, 7) is 6.52. The van der Waals surface area contributed by atoms with Gasteiger partial charge >= 0.3 is 0 Å². The van der Waals surface area contributed by atoms with Gasteiger partial charge in [-0.1, -0.05) is 32.3 Å². The standard InChI is InChI=1S/C30H42FN7O4/c1-3-26(39)34-24(30(42)37-16-14-32-15-17-37)19-20-10-11-23(22(31)18-20)35-29(41)27(21-8-6-5-7-9-21)36-28(40)25-12-13-33-38(25)4-2/h10-13,18,21,24,27,32H,3-9,14-17,19H2,1-2H3,(H,34,39)(H,35,41)(H,36,40)/t24-,27+/m1/s1. The minimum Gasteiger partial charge on any atom is -0.344 e. The molecule has 1 saturated heterocycles. The molecule has 2 aliphatic rings. The largest absolute Gasteiger partial charge is 0.344 e. The van der Waals surface area contributed by atoms with E-state index >= 15 is 4.39 Å². The number of carbonyl (C=O) groups excluding carboxylic acids is 4. The molecule has 11 nitrogen and oxygen atoms in total. The number of nitrogens with one attached hydrogen (secondary N) is 4. The van der Waals surface area contributed by atoms with Crippen molar-refractivity contribution in [2.75, 3.05) is 31.5 Å². The van der Waals surface area contributed by atoms with Gasteiger partial charge in [-0.05, 0) is 49.4 Å². The molecule has 1 aliphatic heterocycles. The maximum absolute atomic E-state index is 15.3. The highest BCUT2D eigenvalue weighted by Crippen LogP contribution is 2.28. The van der Waals surface area contributed by atoms with Crippen LogP contribution in [-0.4, -0.2) is 76.6 Å². The van der Waals surface area contributed by atoms with Crippen LogP contribution in [0.3, 0.4) is 0 Å². The van der Waals surface area contributed by atoms with Crippen LogP contribution in [0.4, 0.5) is 10.1 Å². The fraction of sp³-hybridized carbons (Fsp3) is 0.567. The number of aromatic nitrogens is 2. The van der Waals surface area contributed by atoms with Gasteiger partial charge in [-0.15, -0.1) is 0 Å². The summed E-state index contributed by atoms with van der Waals surface area (Å²) in [4.78, 5) is 53.6. The van der Waals surface area contributed by atoms with Gasteiger partial charge in [-0.25, -0.2) is 4.39 Å². The highest BCUT2D eigenvalue weighted by molar-refractivity contribution is 6.00. The fourth-order valence-electron chi connectivity index (χ4n) is 5.69. The zero-order chi connectivity index (χ0) is 30.1. The number of amides is 4. The van der Waals surface area contributed by atoms with Crippen molar-refractivity contribution in [2.24, 2.45) is 5.92 Å². The first kappa shape index (κ1) is 31.1. The van der Waals surface area contributed by atoms with Gasteiger partial charge in [-0.2, -0.15) is 5.10 Å². The molecule has 4 N–H and O–H groups in total. The Kier molecular flexibility index (Phi) is 11.0. The summed E-state index contributed by atoms with van der Waals surface area (Å²) in [5.41, 5.74) is 0.863. The van der Waals surface area contributed by atoms with Gasteiger partial charge in [-0.3, -0.25) is 23.9 Å². The second-order valence-corrected chi connectivity index (χ2v) is 10.9. The zero-order valence-corrected chi connectivity index (χ0v) is 24.5. The summed E-state index contributed by atoms with van der Waals surface area (Å²) < 4.78 is 16.9. The second kappa shape index (κ2) is 14.9. The molecule has 1 aliphatic carbocycles. The van der Waals surface area contributed by atoms with Crippen LogP contribution in [0.25, 0.3) is 0 Å².